The van der Waals surface area contributed by atoms with Gasteiger partial charge in [-0.2, -0.15) is 0 Å². The molecule has 7 heteroatoms. The molecule has 0 saturated carbocycles. The van der Waals surface area contributed by atoms with E-state index in [1.165, 1.54) is 12.1 Å². The van der Waals surface area contributed by atoms with Crippen LogP contribution in [-0.2, 0) is 16.0 Å². The summed E-state index contributed by atoms with van der Waals surface area (Å²) in [5.41, 5.74) is 2.28. The number of nitrogens with zero attached hydrogens (tertiary/aromatic N) is 1. The lowest BCUT2D eigenvalue weighted by Crippen LogP contribution is -2.15. The average Bonchev–Trinajstić information content (AvgIpc) is 3.20. The Hall–Kier alpha value is -2.51. The zero-order valence-electron chi connectivity index (χ0n) is 15.4. The third-order valence-corrected chi connectivity index (χ3v) is 5.52. The summed E-state index contributed by atoms with van der Waals surface area (Å²) in [6.45, 7) is 4.60. The van der Waals surface area contributed by atoms with E-state index in [4.69, 9.17) is 9.47 Å². The first-order valence-electron chi connectivity index (χ1n) is 8.46. The van der Waals surface area contributed by atoms with Gasteiger partial charge in [-0.25, -0.2) is 9.18 Å². The molecule has 3 rings (SSSR count). The van der Waals surface area contributed by atoms with Crippen molar-refractivity contribution in [3.05, 3.63) is 58.0 Å². The van der Waals surface area contributed by atoms with E-state index in [1.807, 2.05) is 18.4 Å². The van der Waals surface area contributed by atoms with E-state index in [-0.39, 0.29) is 23.1 Å². The van der Waals surface area contributed by atoms with Crippen LogP contribution in [0.15, 0.2) is 30.3 Å². The molecule has 0 N–H and O–H groups in total. The minimum absolute atomic E-state index is 0.271. The number of Topliss-reactive ketones (excluding diaryl/α,β-unsaturated/α-hetero) is 1. The van der Waals surface area contributed by atoms with Gasteiger partial charge in [0.05, 0.1) is 6.61 Å². The molecule has 5 nitrogen and oxygen atoms in total. The van der Waals surface area contributed by atoms with E-state index < -0.39 is 5.97 Å². The first kappa shape index (κ1) is 19.3. The van der Waals surface area contributed by atoms with Crippen molar-refractivity contribution in [1.82, 2.24) is 4.57 Å². The number of carbonyl (C=O) groups excluding carboxylic acids is 2. The zero-order valence-corrected chi connectivity index (χ0v) is 16.2. The standard InChI is InChI=1S/C20H20FNO4S/c1-12-9-14(13(2)22(12)7-8-25-3)17(23)11-26-20(24)19-10-15-16(21)5-4-6-18(15)27-19/h4-6,9-10H,7-8,11H2,1-3H3. The second-order valence-corrected chi connectivity index (χ2v) is 7.27. The van der Waals surface area contributed by atoms with Gasteiger partial charge in [0.1, 0.15) is 10.7 Å². The van der Waals surface area contributed by atoms with Gasteiger partial charge in [0.2, 0.25) is 5.78 Å². The summed E-state index contributed by atoms with van der Waals surface area (Å²) in [6, 6.07) is 7.91. The minimum atomic E-state index is -0.628. The maximum absolute atomic E-state index is 13.8. The van der Waals surface area contributed by atoms with Crippen LogP contribution in [0.1, 0.15) is 31.4 Å². The van der Waals surface area contributed by atoms with Crippen molar-refractivity contribution in [1.29, 1.82) is 0 Å². The van der Waals surface area contributed by atoms with E-state index in [0.29, 0.717) is 28.8 Å². The van der Waals surface area contributed by atoms with Crippen molar-refractivity contribution in [2.24, 2.45) is 0 Å². The molecule has 1 aromatic carbocycles. The van der Waals surface area contributed by atoms with Crippen LogP contribution >= 0.6 is 11.3 Å². The Kier molecular flexibility index (Phi) is 5.72. The van der Waals surface area contributed by atoms with E-state index in [1.54, 1.807) is 25.3 Å². The summed E-state index contributed by atoms with van der Waals surface area (Å²) < 4.78 is 26.7. The number of methoxy groups -OCH3 is 1. The van der Waals surface area contributed by atoms with E-state index in [9.17, 15) is 14.0 Å². The van der Waals surface area contributed by atoms with Gasteiger partial charge in [-0.1, -0.05) is 6.07 Å². The lowest BCUT2D eigenvalue weighted by atomic mass is 10.1. The average molecular weight is 389 g/mol. The highest BCUT2D eigenvalue weighted by atomic mass is 32.1. The lowest BCUT2D eigenvalue weighted by Gasteiger charge is -2.08. The Balaban J connectivity index is 1.69. The molecular formula is C20H20FNO4S. The van der Waals surface area contributed by atoms with E-state index in [0.717, 1.165) is 22.7 Å². The molecule has 142 valence electrons. The van der Waals surface area contributed by atoms with E-state index in [2.05, 4.69) is 0 Å². The van der Waals surface area contributed by atoms with Crippen molar-refractivity contribution in [2.75, 3.05) is 20.3 Å². The van der Waals surface area contributed by atoms with Gasteiger partial charge in [0.25, 0.3) is 0 Å². The molecular weight excluding hydrogens is 369 g/mol. The maximum Gasteiger partial charge on any atom is 0.348 e. The molecule has 0 saturated heterocycles. The Morgan fingerprint density at radius 3 is 2.70 bits per heavy atom. The lowest BCUT2D eigenvalue weighted by molar-refractivity contribution is 0.0479. The van der Waals surface area contributed by atoms with Crippen molar-refractivity contribution >= 4 is 33.2 Å². The second-order valence-electron chi connectivity index (χ2n) is 6.19. The van der Waals surface area contributed by atoms with Crippen molar-refractivity contribution in [3.8, 4) is 0 Å². The summed E-state index contributed by atoms with van der Waals surface area (Å²) in [4.78, 5) is 25.0. The molecule has 0 bridgehead atoms. The van der Waals surface area contributed by atoms with Gasteiger partial charge in [0.15, 0.2) is 6.61 Å². The minimum Gasteiger partial charge on any atom is -0.453 e. The van der Waals surface area contributed by atoms with Gasteiger partial charge in [-0.15, -0.1) is 11.3 Å². The summed E-state index contributed by atoms with van der Waals surface area (Å²) in [5, 5.41) is 0.377. The SMILES string of the molecule is COCCn1c(C)cc(C(=O)COC(=O)c2cc3c(F)cccc3s2)c1C. The fraction of sp³-hybridized carbons (Fsp3) is 0.300. The number of ether oxygens (including phenoxy) is 2. The molecule has 0 fully saturated rings. The number of rotatable bonds is 7. The summed E-state index contributed by atoms with van der Waals surface area (Å²) in [7, 11) is 1.62. The van der Waals surface area contributed by atoms with Crippen LogP contribution in [-0.4, -0.2) is 36.6 Å². The van der Waals surface area contributed by atoms with Crippen LogP contribution in [0.25, 0.3) is 10.1 Å². The Bertz CT molecular complexity index is 1000. The van der Waals surface area contributed by atoms with Crippen molar-refractivity contribution < 1.29 is 23.5 Å². The zero-order chi connectivity index (χ0) is 19.6. The Labute approximate surface area is 160 Å². The number of halogens is 1. The first-order chi connectivity index (χ1) is 12.9. The molecule has 0 amide bonds. The van der Waals surface area contributed by atoms with Gasteiger partial charge >= 0.3 is 5.97 Å². The Morgan fingerprint density at radius 2 is 2.00 bits per heavy atom. The summed E-state index contributed by atoms with van der Waals surface area (Å²) >= 11 is 1.14. The van der Waals surface area contributed by atoms with Crippen molar-refractivity contribution in [3.63, 3.8) is 0 Å². The smallest absolute Gasteiger partial charge is 0.348 e. The highest BCUT2D eigenvalue weighted by Gasteiger charge is 2.19. The van der Waals surface area contributed by atoms with E-state index >= 15 is 0 Å². The molecule has 0 spiro atoms. The summed E-state index contributed by atoms with van der Waals surface area (Å²) in [6.07, 6.45) is 0. The quantitative estimate of drug-likeness (QED) is 0.450. The predicted molar refractivity (Wildman–Crippen MR) is 102 cm³/mol. The van der Waals surface area contributed by atoms with Gasteiger partial charge in [-0.3, -0.25) is 4.79 Å². The van der Waals surface area contributed by atoms with Gasteiger partial charge < -0.3 is 14.0 Å². The third kappa shape index (κ3) is 3.94. The topological polar surface area (TPSA) is 57.5 Å². The van der Waals surface area contributed by atoms with Crippen LogP contribution in [0.3, 0.4) is 0 Å². The van der Waals surface area contributed by atoms with Crippen LogP contribution in [0.4, 0.5) is 4.39 Å². The van der Waals surface area contributed by atoms with Crippen molar-refractivity contribution in [2.45, 2.75) is 20.4 Å². The molecule has 0 unspecified atom stereocenters. The Morgan fingerprint density at radius 1 is 1.22 bits per heavy atom. The molecule has 0 radical (unpaired) electrons. The molecule has 27 heavy (non-hydrogen) atoms. The largest absolute Gasteiger partial charge is 0.453 e. The van der Waals surface area contributed by atoms with Gasteiger partial charge in [-0.05, 0) is 38.1 Å². The normalized spacial score (nSPS) is 11.1. The highest BCUT2D eigenvalue weighted by Crippen LogP contribution is 2.28. The number of esters is 1. The number of hydrogen-bond acceptors (Lipinski definition) is 5. The number of thiophene rings is 1. The molecule has 0 atom stereocenters. The van der Waals surface area contributed by atoms with Crippen LogP contribution in [0.5, 0.6) is 0 Å². The van der Waals surface area contributed by atoms with Gasteiger partial charge in [0, 0.05) is 40.7 Å². The van der Waals surface area contributed by atoms with Crippen LogP contribution < -0.4 is 0 Å². The molecule has 0 aliphatic carbocycles. The number of ketones is 1. The molecule has 2 aromatic heterocycles. The maximum atomic E-state index is 13.8. The first-order valence-corrected chi connectivity index (χ1v) is 9.28. The monoisotopic (exact) mass is 389 g/mol. The number of hydrogen-bond donors (Lipinski definition) is 0. The number of aryl methyl sites for hydroxylation is 1. The molecule has 0 aliphatic heterocycles. The second kappa shape index (κ2) is 8.02. The number of fused-ring (bicyclic) bond motifs is 1. The number of benzene rings is 1. The molecule has 2 heterocycles. The fourth-order valence-electron chi connectivity index (χ4n) is 3.02. The number of carbonyl (C=O) groups is 2. The summed E-state index contributed by atoms with van der Waals surface area (Å²) in [5.74, 6) is -1.29. The highest BCUT2D eigenvalue weighted by molar-refractivity contribution is 7.20. The third-order valence-electron chi connectivity index (χ3n) is 4.44. The van der Waals surface area contributed by atoms with Crippen LogP contribution in [0.2, 0.25) is 0 Å². The number of aromatic nitrogens is 1. The molecule has 3 aromatic rings. The van der Waals surface area contributed by atoms with Crippen LogP contribution in [0, 0.1) is 19.7 Å². The molecule has 0 aliphatic rings. The fourth-order valence-corrected chi connectivity index (χ4v) is 3.98. The predicted octanol–water partition coefficient (Wildman–Crippen LogP) is 4.14.